The van der Waals surface area contributed by atoms with E-state index in [1.165, 1.54) is 25.9 Å². The van der Waals surface area contributed by atoms with E-state index >= 15 is 0 Å². The number of likely N-dealkylation sites (tertiary alicyclic amines) is 1. The fourth-order valence-corrected chi connectivity index (χ4v) is 3.33. The molecule has 2 nitrogen and oxygen atoms in total. The molecule has 2 saturated heterocycles. The highest BCUT2D eigenvalue weighted by Crippen LogP contribution is 2.34. The molecule has 0 aromatic heterocycles. The molecule has 0 unspecified atom stereocenters. The van der Waals surface area contributed by atoms with Crippen LogP contribution in [0.5, 0.6) is 0 Å². The Bertz CT molecular complexity index is 215. The molecule has 2 rings (SSSR count). The topological polar surface area (TPSA) is 6.48 Å². The Hall–Kier alpha value is -0.0800. The first-order valence-corrected chi connectivity index (χ1v) is 6.42. The summed E-state index contributed by atoms with van der Waals surface area (Å²) in [5.74, 6) is 0. The Balaban J connectivity index is 2.08. The van der Waals surface area contributed by atoms with E-state index in [4.69, 9.17) is 0 Å². The summed E-state index contributed by atoms with van der Waals surface area (Å²) in [6, 6.07) is 2.37. The van der Waals surface area contributed by atoms with Crippen LogP contribution >= 0.6 is 0 Å². The molecule has 2 heteroatoms. The minimum absolute atomic E-state index is 0.351. The van der Waals surface area contributed by atoms with E-state index in [0.717, 1.165) is 18.1 Å². The van der Waals surface area contributed by atoms with Gasteiger partial charge in [0.05, 0.1) is 0 Å². The van der Waals surface area contributed by atoms with E-state index < -0.39 is 0 Å². The molecule has 0 aromatic carbocycles. The van der Waals surface area contributed by atoms with Crippen LogP contribution in [0.3, 0.4) is 0 Å². The van der Waals surface area contributed by atoms with Gasteiger partial charge in [-0.15, -0.1) is 0 Å². The van der Waals surface area contributed by atoms with Crippen molar-refractivity contribution in [3.8, 4) is 0 Å². The van der Waals surface area contributed by atoms with Gasteiger partial charge < -0.3 is 0 Å². The number of piperazine rings is 1. The maximum atomic E-state index is 2.75. The lowest BCUT2D eigenvalue weighted by molar-refractivity contribution is 0.000432. The molecule has 0 radical (unpaired) electrons. The van der Waals surface area contributed by atoms with Gasteiger partial charge in [-0.3, -0.25) is 9.80 Å². The van der Waals surface area contributed by atoms with E-state index in [9.17, 15) is 0 Å². The molecule has 0 aromatic rings. The van der Waals surface area contributed by atoms with Gasteiger partial charge in [0.15, 0.2) is 0 Å². The predicted molar refractivity (Wildman–Crippen MR) is 65.1 cm³/mol. The highest BCUT2D eigenvalue weighted by atomic mass is 15.4. The molecule has 2 atom stereocenters. The molecule has 15 heavy (non-hydrogen) atoms. The van der Waals surface area contributed by atoms with E-state index in [1.807, 2.05) is 0 Å². The Morgan fingerprint density at radius 2 is 1.47 bits per heavy atom. The average molecular weight is 210 g/mol. The number of nitrogens with zero attached hydrogens (tertiary/aromatic N) is 2. The van der Waals surface area contributed by atoms with Gasteiger partial charge in [-0.1, -0.05) is 0 Å². The zero-order chi connectivity index (χ0) is 11.2. The van der Waals surface area contributed by atoms with Crippen LogP contribution in [0.2, 0.25) is 0 Å². The van der Waals surface area contributed by atoms with Crippen molar-refractivity contribution in [1.82, 2.24) is 9.80 Å². The highest BCUT2D eigenvalue weighted by Gasteiger charge is 2.43. The number of fused-ring (bicyclic) bond motifs is 2. The van der Waals surface area contributed by atoms with Gasteiger partial charge in [0.2, 0.25) is 0 Å². The third kappa shape index (κ3) is 2.07. The summed E-state index contributed by atoms with van der Waals surface area (Å²) < 4.78 is 0. The summed E-state index contributed by atoms with van der Waals surface area (Å²) in [6.07, 6.45) is 2.82. The molecule has 2 heterocycles. The van der Waals surface area contributed by atoms with Crippen LogP contribution in [-0.2, 0) is 0 Å². The predicted octanol–water partition coefficient (Wildman–Crippen LogP) is 2.34. The monoisotopic (exact) mass is 210 g/mol. The van der Waals surface area contributed by atoms with Crippen LogP contribution < -0.4 is 0 Å². The van der Waals surface area contributed by atoms with Crippen molar-refractivity contribution in [1.29, 1.82) is 0 Å². The van der Waals surface area contributed by atoms with Gasteiger partial charge >= 0.3 is 0 Å². The minimum Gasteiger partial charge on any atom is -0.295 e. The van der Waals surface area contributed by atoms with Crippen LogP contribution in [0.25, 0.3) is 0 Å². The second kappa shape index (κ2) is 3.74. The van der Waals surface area contributed by atoms with Crippen molar-refractivity contribution < 1.29 is 0 Å². The second-order valence-electron chi connectivity index (χ2n) is 6.50. The van der Waals surface area contributed by atoms with Gasteiger partial charge in [-0.05, 0) is 47.5 Å². The van der Waals surface area contributed by atoms with Crippen molar-refractivity contribution in [3.63, 3.8) is 0 Å². The highest BCUT2D eigenvalue weighted by molar-refractivity contribution is 4.99. The number of rotatable bonds is 1. The van der Waals surface area contributed by atoms with Gasteiger partial charge in [0.1, 0.15) is 0 Å². The number of hydrogen-bond donors (Lipinski definition) is 0. The Morgan fingerprint density at radius 3 is 1.80 bits per heavy atom. The van der Waals surface area contributed by atoms with Crippen molar-refractivity contribution >= 4 is 0 Å². The van der Waals surface area contributed by atoms with E-state index in [2.05, 4.69) is 44.4 Å². The second-order valence-corrected chi connectivity index (χ2v) is 6.50. The summed E-state index contributed by atoms with van der Waals surface area (Å²) in [6.45, 7) is 14.3. The molecule has 2 fully saturated rings. The lowest BCUT2D eigenvalue weighted by Crippen LogP contribution is -2.60. The first-order chi connectivity index (χ1) is 6.89. The molecular formula is C13H26N2. The molecule has 0 aliphatic carbocycles. The van der Waals surface area contributed by atoms with Gasteiger partial charge in [0, 0.05) is 36.8 Å². The van der Waals surface area contributed by atoms with Crippen molar-refractivity contribution in [2.75, 3.05) is 13.1 Å². The fraction of sp³-hybridized carbons (Fsp3) is 1.00. The molecule has 88 valence electrons. The maximum Gasteiger partial charge on any atom is 0.0230 e. The molecule has 0 saturated carbocycles. The summed E-state index contributed by atoms with van der Waals surface area (Å²) in [4.78, 5) is 5.43. The molecular weight excluding hydrogens is 184 g/mol. The summed E-state index contributed by atoms with van der Waals surface area (Å²) >= 11 is 0. The first kappa shape index (κ1) is 11.4. The summed E-state index contributed by atoms with van der Waals surface area (Å²) in [5, 5.41) is 0. The normalized spacial score (nSPS) is 34.0. The molecule has 0 spiro atoms. The zero-order valence-electron chi connectivity index (χ0n) is 11.0. The molecule has 0 amide bonds. The van der Waals surface area contributed by atoms with Crippen molar-refractivity contribution in [2.24, 2.45) is 0 Å². The minimum atomic E-state index is 0.351. The lowest BCUT2D eigenvalue weighted by Gasteiger charge is -2.48. The van der Waals surface area contributed by atoms with Gasteiger partial charge in [-0.25, -0.2) is 0 Å². The summed E-state index contributed by atoms with van der Waals surface area (Å²) in [5.41, 5.74) is 0.351. The molecule has 0 N–H and O–H groups in total. The smallest absolute Gasteiger partial charge is 0.0230 e. The van der Waals surface area contributed by atoms with Crippen LogP contribution in [0.4, 0.5) is 0 Å². The standard InChI is InChI=1S/C13H26N2/c1-10(2)15-11-6-7-12(15)9-14(8-11)13(3,4)5/h10-12H,6-9H2,1-5H3/t11-,12+. The SMILES string of the molecule is CC(C)N1[C@@H]2CC[C@H]1CN(C(C)(C)C)C2. The average Bonchev–Trinajstić information content (AvgIpc) is 2.35. The molecule has 2 aliphatic rings. The maximum absolute atomic E-state index is 2.75. The van der Waals surface area contributed by atoms with Crippen molar-refractivity contribution in [2.45, 2.75) is 71.1 Å². The van der Waals surface area contributed by atoms with E-state index in [0.29, 0.717) is 5.54 Å². The third-order valence-electron chi connectivity index (χ3n) is 4.08. The van der Waals surface area contributed by atoms with E-state index in [1.54, 1.807) is 0 Å². The third-order valence-corrected chi connectivity index (χ3v) is 4.08. The fourth-order valence-electron chi connectivity index (χ4n) is 3.33. The Morgan fingerprint density at radius 1 is 1.00 bits per heavy atom. The van der Waals surface area contributed by atoms with Gasteiger partial charge in [-0.2, -0.15) is 0 Å². The van der Waals surface area contributed by atoms with E-state index in [-0.39, 0.29) is 0 Å². The summed E-state index contributed by atoms with van der Waals surface area (Å²) in [7, 11) is 0. The van der Waals surface area contributed by atoms with Crippen LogP contribution in [0.1, 0.15) is 47.5 Å². The van der Waals surface area contributed by atoms with Crippen molar-refractivity contribution in [3.05, 3.63) is 0 Å². The first-order valence-electron chi connectivity index (χ1n) is 6.42. The largest absolute Gasteiger partial charge is 0.295 e. The van der Waals surface area contributed by atoms with Crippen LogP contribution in [-0.4, -0.2) is 46.6 Å². The molecule has 2 aliphatic heterocycles. The molecule has 2 bridgehead atoms. The quantitative estimate of drug-likeness (QED) is 0.655. The van der Waals surface area contributed by atoms with Crippen LogP contribution in [0.15, 0.2) is 0 Å². The van der Waals surface area contributed by atoms with Gasteiger partial charge in [0.25, 0.3) is 0 Å². The number of hydrogen-bond acceptors (Lipinski definition) is 2. The Kier molecular flexibility index (Phi) is 2.85. The lowest BCUT2D eigenvalue weighted by atomic mass is 10.0. The van der Waals surface area contributed by atoms with Crippen LogP contribution in [0, 0.1) is 0 Å². The Labute approximate surface area is 94.6 Å². The zero-order valence-corrected chi connectivity index (χ0v) is 11.0.